The number of ether oxygens (including phenoxy) is 1. The molecule has 5 heteroatoms. The number of esters is 1. The van der Waals surface area contributed by atoms with E-state index in [1.807, 2.05) is 57.2 Å². The third kappa shape index (κ3) is 3.54. The van der Waals surface area contributed by atoms with Crippen LogP contribution in [0.4, 0.5) is 0 Å². The van der Waals surface area contributed by atoms with Crippen molar-refractivity contribution in [3.63, 3.8) is 0 Å². The van der Waals surface area contributed by atoms with Crippen molar-refractivity contribution < 1.29 is 14.7 Å². The third-order valence-corrected chi connectivity index (χ3v) is 3.67. The van der Waals surface area contributed by atoms with Crippen molar-refractivity contribution in [1.82, 2.24) is 5.06 Å². The molecule has 1 unspecified atom stereocenters. The largest absolute Gasteiger partial charge is 0.461 e. The number of hydroxylamine groups is 2. The Morgan fingerprint density at radius 3 is 2.06 bits per heavy atom. The number of hydrogen-bond donors (Lipinski definition) is 0. The smallest absolute Gasteiger partial charge is 0.318 e. The van der Waals surface area contributed by atoms with Crippen LogP contribution >= 0.6 is 22.6 Å². The Morgan fingerprint density at radius 2 is 1.71 bits per heavy atom. The summed E-state index contributed by atoms with van der Waals surface area (Å²) in [5.74, 6) is -0.193. The summed E-state index contributed by atoms with van der Waals surface area (Å²) in [4.78, 5) is 11.6. The molecule has 1 aliphatic rings. The first kappa shape index (κ1) is 15.2. The van der Waals surface area contributed by atoms with E-state index < -0.39 is 11.1 Å². The van der Waals surface area contributed by atoms with E-state index in [1.54, 1.807) is 0 Å². The van der Waals surface area contributed by atoms with Crippen LogP contribution in [0.1, 0.15) is 47.5 Å². The molecule has 0 spiro atoms. The van der Waals surface area contributed by atoms with Crippen molar-refractivity contribution in [2.75, 3.05) is 0 Å². The SMILES string of the molecule is CC(I)C(=O)OC1CC(C)(C)N([O])C(C)(C)C1. The molecule has 1 radical (unpaired) electrons. The summed E-state index contributed by atoms with van der Waals surface area (Å²) in [6.45, 7) is 9.40. The average molecular weight is 354 g/mol. The molecule has 1 saturated heterocycles. The van der Waals surface area contributed by atoms with Gasteiger partial charge in [-0.2, -0.15) is 0 Å². The molecule has 4 nitrogen and oxygen atoms in total. The molecule has 1 aliphatic heterocycles. The van der Waals surface area contributed by atoms with E-state index in [0.29, 0.717) is 12.8 Å². The van der Waals surface area contributed by atoms with Crippen LogP contribution in [-0.2, 0) is 14.7 Å². The molecule has 1 atom stereocenters. The second-order valence-electron chi connectivity index (χ2n) is 6.00. The highest BCUT2D eigenvalue weighted by atomic mass is 127. The van der Waals surface area contributed by atoms with Crippen LogP contribution in [0.2, 0.25) is 0 Å². The molecule has 0 amide bonds. The van der Waals surface area contributed by atoms with E-state index in [-0.39, 0.29) is 16.0 Å². The van der Waals surface area contributed by atoms with Gasteiger partial charge in [0.25, 0.3) is 0 Å². The van der Waals surface area contributed by atoms with Gasteiger partial charge in [-0.15, -0.1) is 10.3 Å². The van der Waals surface area contributed by atoms with E-state index in [1.165, 1.54) is 0 Å². The Bertz CT molecular complexity index is 284. The van der Waals surface area contributed by atoms with Crippen LogP contribution in [0.15, 0.2) is 0 Å². The van der Waals surface area contributed by atoms with Gasteiger partial charge in [0.2, 0.25) is 0 Å². The lowest BCUT2D eigenvalue weighted by atomic mass is 9.80. The van der Waals surface area contributed by atoms with Gasteiger partial charge in [-0.05, 0) is 34.6 Å². The molecule has 0 saturated carbocycles. The van der Waals surface area contributed by atoms with Gasteiger partial charge in [-0.3, -0.25) is 4.79 Å². The highest BCUT2D eigenvalue weighted by molar-refractivity contribution is 14.1. The minimum atomic E-state index is -0.485. The van der Waals surface area contributed by atoms with Crippen LogP contribution in [0.5, 0.6) is 0 Å². The molecule has 1 heterocycles. The lowest BCUT2D eigenvalue weighted by molar-refractivity contribution is -0.299. The monoisotopic (exact) mass is 354 g/mol. The molecule has 17 heavy (non-hydrogen) atoms. The lowest BCUT2D eigenvalue weighted by Gasteiger charge is -2.49. The molecule has 1 fully saturated rings. The van der Waals surface area contributed by atoms with E-state index in [2.05, 4.69) is 0 Å². The first-order chi connectivity index (χ1) is 7.56. The van der Waals surface area contributed by atoms with Crippen molar-refractivity contribution in [2.45, 2.75) is 68.6 Å². The fourth-order valence-corrected chi connectivity index (χ4v) is 2.66. The number of halogens is 1. The Balaban J connectivity index is 2.75. The standard InChI is InChI=1S/C12H21INO3/c1-8(13)10(15)17-9-6-11(2,3)14(16)12(4,5)7-9/h8-9H,6-7H2,1-5H3. The molecule has 0 bridgehead atoms. The van der Waals surface area contributed by atoms with Crippen LogP contribution in [-0.4, -0.2) is 32.1 Å². The Hall–Kier alpha value is 0.120. The van der Waals surface area contributed by atoms with E-state index in [0.717, 1.165) is 5.06 Å². The second kappa shape index (κ2) is 5.01. The molecule has 99 valence electrons. The zero-order chi connectivity index (χ0) is 13.4. The van der Waals surface area contributed by atoms with Crippen LogP contribution in [0, 0.1) is 0 Å². The van der Waals surface area contributed by atoms with Crippen molar-refractivity contribution in [1.29, 1.82) is 0 Å². The van der Waals surface area contributed by atoms with Crippen LogP contribution in [0.3, 0.4) is 0 Å². The average Bonchev–Trinajstić information content (AvgIpc) is 2.12. The van der Waals surface area contributed by atoms with Crippen molar-refractivity contribution in [3.8, 4) is 0 Å². The predicted molar refractivity (Wildman–Crippen MR) is 73.3 cm³/mol. The maximum absolute atomic E-state index is 12.1. The van der Waals surface area contributed by atoms with Gasteiger partial charge < -0.3 is 4.74 Å². The number of alkyl halides is 1. The molecule has 0 N–H and O–H groups in total. The van der Waals surface area contributed by atoms with Crippen molar-refractivity contribution >= 4 is 28.6 Å². The highest BCUT2D eigenvalue weighted by Gasteiger charge is 2.47. The molecular formula is C12H21INO3. The minimum absolute atomic E-state index is 0.149. The third-order valence-electron chi connectivity index (χ3n) is 3.16. The summed E-state index contributed by atoms with van der Waals surface area (Å²) in [6.07, 6.45) is 1.03. The van der Waals surface area contributed by atoms with Crippen LogP contribution < -0.4 is 0 Å². The Morgan fingerprint density at radius 1 is 1.29 bits per heavy atom. The van der Waals surface area contributed by atoms with Gasteiger partial charge in [-0.25, -0.2) is 0 Å². The number of piperidine rings is 1. The topological polar surface area (TPSA) is 49.4 Å². The zero-order valence-electron chi connectivity index (χ0n) is 11.1. The Kier molecular flexibility index (Phi) is 4.47. The summed E-state index contributed by atoms with van der Waals surface area (Å²) in [5, 5.41) is 13.2. The first-order valence-corrected chi connectivity index (χ1v) is 7.13. The first-order valence-electron chi connectivity index (χ1n) is 5.88. The van der Waals surface area contributed by atoms with Gasteiger partial charge in [0.1, 0.15) is 10.0 Å². The van der Waals surface area contributed by atoms with Gasteiger partial charge in [0, 0.05) is 23.9 Å². The number of carbonyl (C=O) groups is 1. The number of hydrogen-bond acceptors (Lipinski definition) is 3. The summed E-state index contributed by atoms with van der Waals surface area (Å²) >= 11 is 2.04. The van der Waals surface area contributed by atoms with Crippen molar-refractivity contribution in [3.05, 3.63) is 0 Å². The van der Waals surface area contributed by atoms with E-state index >= 15 is 0 Å². The number of nitrogens with zero attached hydrogens (tertiary/aromatic N) is 1. The van der Waals surface area contributed by atoms with Gasteiger partial charge in [-0.1, -0.05) is 22.6 Å². The quantitative estimate of drug-likeness (QED) is 0.435. The van der Waals surface area contributed by atoms with E-state index in [9.17, 15) is 10.0 Å². The van der Waals surface area contributed by atoms with Gasteiger partial charge in [0.15, 0.2) is 0 Å². The summed E-state index contributed by atoms with van der Waals surface area (Å²) < 4.78 is 5.31. The van der Waals surface area contributed by atoms with Crippen LogP contribution in [0.25, 0.3) is 0 Å². The zero-order valence-corrected chi connectivity index (χ0v) is 13.3. The fourth-order valence-electron chi connectivity index (χ4n) is 2.51. The molecule has 0 aliphatic carbocycles. The normalized spacial score (nSPS) is 26.5. The number of rotatable bonds is 2. The second-order valence-corrected chi connectivity index (χ2v) is 7.87. The molecular weight excluding hydrogens is 333 g/mol. The molecule has 0 aromatic heterocycles. The minimum Gasteiger partial charge on any atom is -0.461 e. The lowest BCUT2D eigenvalue weighted by Crippen LogP contribution is -2.60. The number of carbonyl (C=O) groups excluding carboxylic acids is 1. The fraction of sp³-hybridized carbons (Fsp3) is 0.917. The Labute approximate surface area is 117 Å². The molecule has 0 aromatic carbocycles. The van der Waals surface area contributed by atoms with Gasteiger partial charge in [0.05, 0.1) is 0 Å². The summed E-state index contributed by atoms with van der Waals surface area (Å²) in [5.41, 5.74) is -0.970. The molecule has 1 rings (SSSR count). The van der Waals surface area contributed by atoms with Gasteiger partial charge >= 0.3 is 5.97 Å². The predicted octanol–water partition coefficient (Wildman–Crippen LogP) is 2.72. The highest BCUT2D eigenvalue weighted by Crippen LogP contribution is 2.38. The van der Waals surface area contributed by atoms with E-state index in [4.69, 9.17) is 4.74 Å². The summed E-state index contributed by atoms with van der Waals surface area (Å²) in [6, 6.07) is 0. The molecule has 0 aromatic rings. The summed E-state index contributed by atoms with van der Waals surface area (Å²) in [7, 11) is 0. The van der Waals surface area contributed by atoms with Crippen molar-refractivity contribution in [2.24, 2.45) is 0 Å². The maximum Gasteiger partial charge on any atom is 0.318 e. The maximum atomic E-state index is 12.1.